The van der Waals surface area contributed by atoms with Gasteiger partial charge in [0.1, 0.15) is 5.78 Å². The Labute approximate surface area is 122 Å². The summed E-state index contributed by atoms with van der Waals surface area (Å²) in [5.74, 6) is 0.105. The number of halogens is 1. The molecule has 1 aliphatic rings. The molecule has 1 aliphatic carbocycles. The summed E-state index contributed by atoms with van der Waals surface area (Å²) in [7, 11) is 0. The molecule has 0 aromatic heterocycles. The molecule has 3 heteroatoms. The second-order valence-corrected chi connectivity index (χ2v) is 6.16. The lowest BCUT2D eigenvalue weighted by Crippen LogP contribution is -2.20. The second kappa shape index (κ2) is 5.83. The molecule has 0 spiro atoms. The molecule has 1 unspecified atom stereocenters. The Morgan fingerprint density at radius 1 is 1.32 bits per heavy atom. The number of Topliss-reactive ketones (excluding diaryl/α,β-unsaturated/α-hetero) is 1. The molecule has 1 N–H and O–H groups in total. The molecule has 0 saturated carbocycles. The Hall–Kier alpha value is -1.22. The second-order valence-electron chi connectivity index (χ2n) is 5.24. The van der Waals surface area contributed by atoms with Crippen molar-refractivity contribution < 1.29 is 4.79 Å². The maximum Gasteiger partial charge on any atom is 0.140 e. The molecule has 0 fully saturated rings. The van der Waals surface area contributed by atoms with Gasteiger partial charge < -0.3 is 5.41 Å². The van der Waals surface area contributed by atoms with Gasteiger partial charge in [0.05, 0.1) is 0 Å². The number of carbonyl (C=O) groups excluding carboxylic acids is 1. The molecule has 1 aromatic rings. The average Bonchev–Trinajstić information content (AvgIpc) is 2.36. The predicted molar refractivity (Wildman–Crippen MR) is 81.8 cm³/mol. The largest absolute Gasteiger partial charge is 0.305 e. The maximum atomic E-state index is 12.2. The zero-order valence-corrected chi connectivity index (χ0v) is 12.7. The summed E-state index contributed by atoms with van der Waals surface area (Å²) in [6.07, 6.45) is 2.64. The summed E-state index contributed by atoms with van der Waals surface area (Å²) >= 11 is 3.46. The fourth-order valence-corrected chi connectivity index (χ4v) is 2.77. The van der Waals surface area contributed by atoms with E-state index in [1.165, 1.54) is 5.56 Å². The number of hydrogen-bond acceptors (Lipinski definition) is 2. The topological polar surface area (TPSA) is 40.9 Å². The van der Waals surface area contributed by atoms with Gasteiger partial charge in [-0.25, -0.2) is 0 Å². The van der Waals surface area contributed by atoms with Gasteiger partial charge in [0, 0.05) is 22.5 Å². The Morgan fingerprint density at radius 3 is 2.79 bits per heavy atom. The molecule has 100 valence electrons. The molecule has 1 atom stereocenters. The van der Waals surface area contributed by atoms with Gasteiger partial charge in [0.15, 0.2) is 0 Å². The Bertz CT molecular complexity index is 548. The number of fused-ring (bicyclic) bond motifs is 1. The first kappa shape index (κ1) is 14.2. The normalized spacial score (nSPS) is 21.2. The van der Waals surface area contributed by atoms with E-state index in [1.54, 1.807) is 0 Å². The number of rotatable bonds is 0. The van der Waals surface area contributed by atoms with E-state index in [4.69, 9.17) is 5.41 Å². The molecule has 19 heavy (non-hydrogen) atoms. The van der Waals surface area contributed by atoms with E-state index in [0.29, 0.717) is 18.6 Å². The highest BCUT2D eigenvalue weighted by Gasteiger charge is 2.20. The van der Waals surface area contributed by atoms with Crippen LogP contribution in [0.25, 0.3) is 0 Å². The smallest absolute Gasteiger partial charge is 0.140 e. The number of ketones is 1. The monoisotopic (exact) mass is 319 g/mol. The lowest BCUT2D eigenvalue weighted by molar-refractivity contribution is -0.121. The van der Waals surface area contributed by atoms with Crippen molar-refractivity contribution in [1.29, 1.82) is 5.41 Å². The molecule has 0 amide bonds. The molecule has 2 rings (SSSR count). The van der Waals surface area contributed by atoms with Crippen molar-refractivity contribution in [2.75, 3.05) is 0 Å². The lowest BCUT2D eigenvalue weighted by atomic mass is 9.87. The third-order valence-corrected chi connectivity index (χ3v) is 4.21. The van der Waals surface area contributed by atoms with Gasteiger partial charge in [-0.3, -0.25) is 4.79 Å². The van der Waals surface area contributed by atoms with Crippen molar-refractivity contribution in [3.63, 3.8) is 0 Å². The predicted octanol–water partition coefficient (Wildman–Crippen LogP) is 4.11. The van der Waals surface area contributed by atoms with Gasteiger partial charge in [-0.15, -0.1) is 0 Å². The van der Waals surface area contributed by atoms with Gasteiger partial charge in [-0.1, -0.05) is 35.5 Å². The van der Waals surface area contributed by atoms with Gasteiger partial charge >= 0.3 is 0 Å². The number of allylic oxidation sites excluding steroid dienone is 1. The highest BCUT2D eigenvalue weighted by molar-refractivity contribution is 9.10. The van der Waals surface area contributed by atoms with Crippen molar-refractivity contribution in [2.24, 2.45) is 5.92 Å². The third kappa shape index (κ3) is 3.41. The van der Waals surface area contributed by atoms with E-state index in [0.717, 1.165) is 28.5 Å². The minimum Gasteiger partial charge on any atom is -0.305 e. The van der Waals surface area contributed by atoms with Crippen LogP contribution in [0.3, 0.4) is 0 Å². The average molecular weight is 320 g/mol. The number of carbonyl (C=O) groups is 1. The highest BCUT2D eigenvalue weighted by Crippen LogP contribution is 2.24. The van der Waals surface area contributed by atoms with Crippen molar-refractivity contribution >= 4 is 27.4 Å². The van der Waals surface area contributed by atoms with Crippen LogP contribution in [0.1, 0.15) is 30.9 Å². The zero-order chi connectivity index (χ0) is 14.0. The Kier molecular flexibility index (Phi) is 4.35. The first-order valence-electron chi connectivity index (χ1n) is 6.53. The van der Waals surface area contributed by atoms with Gasteiger partial charge in [-0.05, 0) is 48.1 Å². The van der Waals surface area contributed by atoms with E-state index in [1.807, 2.05) is 19.1 Å². The highest BCUT2D eigenvalue weighted by atomic mass is 79.9. The van der Waals surface area contributed by atoms with Crippen LogP contribution in [-0.4, -0.2) is 11.5 Å². The summed E-state index contributed by atoms with van der Waals surface area (Å²) < 4.78 is 1.01. The molecular weight excluding hydrogens is 302 g/mol. The summed E-state index contributed by atoms with van der Waals surface area (Å²) in [4.78, 5) is 12.2. The lowest BCUT2D eigenvalue weighted by Gasteiger charge is -2.18. The number of hydrogen-bond donors (Lipinski definition) is 1. The fourth-order valence-electron chi connectivity index (χ4n) is 2.37. The van der Waals surface area contributed by atoms with Crippen LogP contribution < -0.4 is 0 Å². The van der Waals surface area contributed by atoms with E-state index in [-0.39, 0.29) is 11.7 Å². The number of benzene rings is 1. The first-order chi connectivity index (χ1) is 8.97. The van der Waals surface area contributed by atoms with Crippen LogP contribution in [0.2, 0.25) is 0 Å². The van der Waals surface area contributed by atoms with Crippen LogP contribution in [0.4, 0.5) is 0 Å². The van der Waals surface area contributed by atoms with Gasteiger partial charge in [0.2, 0.25) is 0 Å². The van der Waals surface area contributed by atoms with Crippen LogP contribution in [0.15, 0.2) is 34.8 Å². The molecule has 0 saturated heterocycles. The molecule has 0 aliphatic heterocycles. The molecule has 0 bridgehead atoms. The van der Waals surface area contributed by atoms with Gasteiger partial charge in [0.25, 0.3) is 0 Å². The fraction of sp³-hybridized carbons (Fsp3) is 0.375. The van der Waals surface area contributed by atoms with Crippen LogP contribution >= 0.6 is 15.9 Å². The minimum atomic E-state index is -0.103. The third-order valence-electron chi connectivity index (χ3n) is 3.72. The van der Waals surface area contributed by atoms with Crippen molar-refractivity contribution in [1.82, 2.24) is 0 Å². The number of aryl methyl sites for hydroxylation is 1. The van der Waals surface area contributed by atoms with Crippen LogP contribution in [0.5, 0.6) is 0 Å². The van der Waals surface area contributed by atoms with Crippen LogP contribution in [-0.2, 0) is 17.6 Å². The van der Waals surface area contributed by atoms with E-state index < -0.39 is 0 Å². The summed E-state index contributed by atoms with van der Waals surface area (Å²) in [5.41, 5.74) is 3.68. The molecule has 0 heterocycles. The standard InChI is InChI=1S/C16H18BrNO/c1-10-3-4-12-5-6-14(17)8-13(12)9-16(19)11(2)7-15(10)18/h5-6,8,11,18H,1,3-4,7,9H2,2H3. The van der Waals surface area contributed by atoms with E-state index >= 15 is 0 Å². The molecule has 2 nitrogen and oxygen atoms in total. The van der Waals surface area contributed by atoms with Crippen molar-refractivity contribution in [2.45, 2.75) is 32.6 Å². The summed E-state index contributed by atoms with van der Waals surface area (Å²) in [6, 6.07) is 6.11. The summed E-state index contributed by atoms with van der Waals surface area (Å²) in [6.45, 7) is 5.88. The SMILES string of the molecule is C=C1CCc2ccc(Br)cc2CC(=O)C(C)CC1=N. The van der Waals surface area contributed by atoms with Crippen molar-refractivity contribution in [3.05, 3.63) is 46.0 Å². The summed E-state index contributed by atoms with van der Waals surface area (Å²) in [5, 5.41) is 7.98. The van der Waals surface area contributed by atoms with E-state index in [9.17, 15) is 4.79 Å². The minimum absolute atomic E-state index is 0.103. The Balaban J connectivity index is 2.37. The molecule has 0 radical (unpaired) electrons. The van der Waals surface area contributed by atoms with Crippen molar-refractivity contribution in [3.8, 4) is 0 Å². The first-order valence-corrected chi connectivity index (χ1v) is 7.32. The van der Waals surface area contributed by atoms with E-state index in [2.05, 4.69) is 28.6 Å². The van der Waals surface area contributed by atoms with Gasteiger partial charge in [-0.2, -0.15) is 0 Å². The zero-order valence-electron chi connectivity index (χ0n) is 11.1. The molecule has 1 aromatic carbocycles. The Morgan fingerprint density at radius 2 is 2.05 bits per heavy atom. The number of nitrogens with one attached hydrogen (secondary N) is 1. The maximum absolute atomic E-state index is 12.2. The van der Waals surface area contributed by atoms with Crippen LogP contribution in [0, 0.1) is 11.3 Å². The molecular formula is C16H18BrNO. The quantitative estimate of drug-likeness (QED) is 0.768.